The molecule has 0 aromatic heterocycles. The molecule has 0 unspecified atom stereocenters. The Morgan fingerprint density at radius 3 is 2.33 bits per heavy atom. The second-order valence-corrected chi connectivity index (χ2v) is 4.45. The lowest BCUT2D eigenvalue weighted by Crippen LogP contribution is -2.60. The van der Waals surface area contributed by atoms with Crippen molar-refractivity contribution in [3.63, 3.8) is 0 Å². The molecule has 0 bridgehead atoms. The average molecular weight is 307 g/mol. The molecular formula is C10H17N3O8. The zero-order chi connectivity index (χ0) is 16.3. The maximum absolute atomic E-state index is 11.6. The Morgan fingerprint density at radius 2 is 1.81 bits per heavy atom. The molecule has 0 aromatic carbocycles. The van der Waals surface area contributed by atoms with E-state index >= 15 is 0 Å². The van der Waals surface area contributed by atoms with Gasteiger partial charge in [-0.3, -0.25) is 5.41 Å². The van der Waals surface area contributed by atoms with Crippen LogP contribution in [0.4, 0.5) is 0 Å². The Morgan fingerprint density at radius 1 is 1.24 bits per heavy atom. The highest BCUT2D eigenvalue weighted by Gasteiger charge is 2.47. The molecule has 1 saturated heterocycles. The lowest BCUT2D eigenvalue weighted by molar-refractivity contribution is -0.280. The average Bonchev–Trinajstić information content (AvgIpc) is 2.39. The third-order valence-electron chi connectivity index (χ3n) is 2.81. The molecule has 7 N–H and O–H groups in total. The summed E-state index contributed by atoms with van der Waals surface area (Å²) in [7, 11) is 1.31. The molecule has 21 heavy (non-hydrogen) atoms. The molecule has 0 radical (unpaired) electrons. The van der Waals surface area contributed by atoms with Gasteiger partial charge in [0, 0.05) is 7.05 Å². The summed E-state index contributed by atoms with van der Waals surface area (Å²) in [6, 6.07) is 0. The van der Waals surface area contributed by atoms with Gasteiger partial charge in [-0.15, -0.1) is 0 Å². The Bertz CT molecular complexity index is 431. The van der Waals surface area contributed by atoms with Crippen molar-refractivity contribution in [2.45, 2.75) is 30.7 Å². The monoisotopic (exact) mass is 307 g/mol. The van der Waals surface area contributed by atoms with E-state index in [0.29, 0.717) is 0 Å². The van der Waals surface area contributed by atoms with Crippen molar-refractivity contribution in [2.24, 2.45) is 5.73 Å². The summed E-state index contributed by atoms with van der Waals surface area (Å²) in [5.74, 6) is -2.86. The quantitative estimate of drug-likeness (QED) is 0.129. The van der Waals surface area contributed by atoms with Crippen LogP contribution in [0.3, 0.4) is 0 Å². The van der Waals surface area contributed by atoms with E-state index in [1.807, 2.05) is 0 Å². The number of guanidine groups is 1. The van der Waals surface area contributed by atoms with Crippen LogP contribution in [0, 0.1) is 5.41 Å². The molecule has 0 aliphatic carbocycles. The topological polar surface area (TPSA) is 187 Å². The zero-order valence-corrected chi connectivity index (χ0v) is 11.0. The van der Waals surface area contributed by atoms with Gasteiger partial charge in [0.05, 0.1) is 0 Å². The number of rotatable bonds is 3. The number of nitrogens with one attached hydrogen (secondary N) is 1. The summed E-state index contributed by atoms with van der Waals surface area (Å²) in [6.45, 7) is -0.502. The van der Waals surface area contributed by atoms with Crippen molar-refractivity contribution >= 4 is 17.9 Å². The largest absolute Gasteiger partial charge is 0.390 e. The number of nitrogens with zero attached hydrogens (tertiary/aromatic N) is 1. The normalized spacial score (nSPS) is 32.3. The number of nitrogens with two attached hydrogens (primary N) is 1. The third-order valence-corrected chi connectivity index (χ3v) is 2.81. The van der Waals surface area contributed by atoms with Crippen molar-refractivity contribution < 1.29 is 39.5 Å². The first kappa shape index (κ1) is 17.3. The highest BCUT2D eigenvalue weighted by Crippen LogP contribution is 2.20. The molecular weight excluding hydrogens is 290 g/mol. The minimum Gasteiger partial charge on any atom is -0.390 e. The zero-order valence-electron chi connectivity index (χ0n) is 11.0. The number of aliphatic hydroxyl groups is 4. The summed E-state index contributed by atoms with van der Waals surface area (Å²) in [4.78, 5) is 24.0. The standard InChI is InChI=1S/C10H17N3O8/c1-13(10(11)12)2-3(14)20-9(19)7-5(16)4(15)6(17)8(18)21-7/h4-8,15-18H,2H2,1H3,(H3,11,12)/t4-,5-,6+,7-,8+/m0/s1. The number of hydrogen-bond acceptors (Lipinski definition) is 9. The summed E-state index contributed by atoms with van der Waals surface area (Å²) < 4.78 is 8.94. The Labute approximate surface area is 119 Å². The van der Waals surface area contributed by atoms with Crippen LogP contribution in [0.25, 0.3) is 0 Å². The van der Waals surface area contributed by atoms with Gasteiger partial charge in [-0.25, -0.2) is 9.59 Å². The molecule has 0 aromatic rings. The lowest BCUT2D eigenvalue weighted by atomic mass is 9.99. The summed E-state index contributed by atoms with van der Waals surface area (Å²) in [6.07, 6.45) is -9.29. The highest BCUT2D eigenvalue weighted by atomic mass is 16.7. The van der Waals surface area contributed by atoms with Gasteiger partial charge in [0.2, 0.25) is 0 Å². The van der Waals surface area contributed by atoms with Crippen molar-refractivity contribution in [1.29, 1.82) is 5.41 Å². The Balaban J connectivity index is 2.62. The van der Waals surface area contributed by atoms with Crippen LogP contribution in [0.2, 0.25) is 0 Å². The first-order valence-electron chi connectivity index (χ1n) is 5.82. The molecule has 0 amide bonds. The minimum atomic E-state index is -1.92. The molecule has 120 valence electrons. The van der Waals surface area contributed by atoms with Crippen molar-refractivity contribution in [3.05, 3.63) is 0 Å². The number of aliphatic hydroxyl groups excluding tert-OH is 4. The highest BCUT2D eigenvalue weighted by molar-refractivity contribution is 5.90. The van der Waals surface area contributed by atoms with Gasteiger partial charge < -0.3 is 40.5 Å². The van der Waals surface area contributed by atoms with Gasteiger partial charge in [-0.05, 0) is 0 Å². The van der Waals surface area contributed by atoms with Crippen LogP contribution in [-0.4, -0.2) is 87.5 Å². The maximum atomic E-state index is 11.6. The fraction of sp³-hybridized carbons (Fsp3) is 0.700. The number of carbonyl (C=O) groups is 2. The molecule has 1 fully saturated rings. The van der Waals surface area contributed by atoms with E-state index < -0.39 is 55.1 Å². The van der Waals surface area contributed by atoms with Crippen molar-refractivity contribution in [1.82, 2.24) is 4.90 Å². The number of ether oxygens (including phenoxy) is 2. The SMILES string of the molecule is CN(CC(=O)OC(=O)[C@H]1O[C@@H](O)[C@H](O)[C@@H](O)[C@@H]1O)C(=N)N. The molecule has 11 heteroatoms. The van der Waals surface area contributed by atoms with Crippen LogP contribution >= 0.6 is 0 Å². The second kappa shape index (κ2) is 6.78. The first-order chi connectivity index (χ1) is 9.65. The predicted molar refractivity (Wildman–Crippen MR) is 64.5 cm³/mol. The molecule has 1 aliphatic rings. The number of likely N-dealkylation sites (N-methyl/N-ethyl adjacent to an activating group) is 1. The van der Waals surface area contributed by atoms with E-state index in [1.165, 1.54) is 7.05 Å². The van der Waals surface area contributed by atoms with Crippen LogP contribution in [-0.2, 0) is 19.1 Å². The van der Waals surface area contributed by atoms with E-state index in [-0.39, 0.29) is 0 Å². The van der Waals surface area contributed by atoms with Crippen molar-refractivity contribution in [3.8, 4) is 0 Å². The molecule has 1 rings (SSSR count). The summed E-state index contributed by atoms with van der Waals surface area (Å²) in [5, 5.41) is 44.5. The van der Waals surface area contributed by atoms with Crippen LogP contribution in [0.5, 0.6) is 0 Å². The van der Waals surface area contributed by atoms with Crippen LogP contribution < -0.4 is 5.73 Å². The van der Waals surface area contributed by atoms with E-state index in [2.05, 4.69) is 9.47 Å². The van der Waals surface area contributed by atoms with Crippen LogP contribution in [0.1, 0.15) is 0 Å². The smallest absolute Gasteiger partial charge is 0.345 e. The summed E-state index contributed by atoms with van der Waals surface area (Å²) in [5.41, 5.74) is 5.09. The lowest BCUT2D eigenvalue weighted by Gasteiger charge is -2.36. The fourth-order valence-corrected chi connectivity index (χ4v) is 1.54. The van der Waals surface area contributed by atoms with Crippen LogP contribution in [0.15, 0.2) is 0 Å². The van der Waals surface area contributed by atoms with E-state index in [4.69, 9.17) is 11.1 Å². The molecule has 5 atom stereocenters. The van der Waals surface area contributed by atoms with Gasteiger partial charge >= 0.3 is 11.9 Å². The van der Waals surface area contributed by atoms with Gasteiger partial charge in [0.1, 0.15) is 24.9 Å². The number of hydrogen-bond donors (Lipinski definition) is 6. The second-order valence-electron chi connectivity index (χ2n) is 4.45. The Kier molecular flexibility index (Phi) is 5.57. The number of esters is 2. The maximum Gasteiger partial charge on any atom is 0.345 e. The van der Waals surface area contributed by atoms with Gasteiger partial charge in [-0.2, -0.15) is 0 Å². The predicted octanol–water partition coefficient (Wildman–Crippen LogP) is -4.32. The van der Waals surface area contributed by atoms with Gasteiger partial charge in [0.25, 0.3) is 0 Å². The van der Waals surface area contributed by atoms with Crippen molar-refractivity contribution in [2.75, 3.05) is 13.6 Å². The summed E-state index contributed by atoms with van der Waals surface area (Å²) >= 11 is 0. The minimum absolute atomic E-state index is 0.428. The van der Waals surface area contributed by atoms with E-state index in [9.17, 15) is 30.0 Å². The van der Waals surface area contributed by atoms with Gasteiger partial charge in [0.15, 0.2) is 18.4 Å². The van der Waals surface area contributed by atoms with E-state index in [1.54, 1.807) is 0 Å². The molecule has 0 spiro atoms. The fourth-order valence-electron chi connectivity index (χ4n) is 1.54. The third kappa shape index (κ3) is 4.09. The van der Waals surface area contributed by atoms with E-state index in [0.717, 1.165) is 4.90 Å². The molecule has 11 nitrogen and oxygen atoms in total. The van der Waals surface area contributed by atoms with Gasteiger partial charge in [-0.1, -0.05) is 0 Å². The number of carbonyl (C=O) groups excluding carboxylic acids is 2. The molecule has 0 saturated carbocycles. The Hall–Kier alpha value is -1.79. The molecule has 1 heterocycles. The first-order valence-corrected chi connectivity index (χ1v) is 5.82. The molecule has 1 aliphatic heterocycles.